The van der Waals surface area contributed by atoms with Crippen LogP contribution in [-0.4, -0.2) is 37.5 Å². The van der Waals surface area contributed by atoms with Gasteiger partial charge in [0.2, 0.25) is 0 Å². The lowest BCUT2D eigenvalue weighted by Crippen LogP contribution is -2.22. The van der Waals surface area contributed by atoms with Gasteiger partial charge in [-0.3, -0.25) is 10.1 Å². The number of non-ortho nitro benzene ring substituents is 1. The number of aromatic nitrogens is 3. The van der Waals surface area contributed by atoms with Gasteiger partial charge in [-0.05, 0) is 23.6 Å². The number of aliphatic hydroxyl groups is 1. The molecule has 3 rings (SSSR count). The van der Waals surface area contributed by atoms with E-state index in [2.05, 4.69) is 10.1 Å². The number of aliphatic hydroxyl groups excluding tert-OH is 1. The predicted molar refractivity (Wildman–Crippen MR) is 92.1 cm³/mol. The van der Waals surface area contributed by atoms with Crippen LogP contribution in [0.25, 0.3) is 11.4 Å². The second kappa shape index (κ2) is 7.97. The highest BCUT2D eigenvalue weighted by Crippen LogP contribution is 2.19. The van der Waals surface area contributed by atoms with Crippen LogP contribution >= 0.6 is 11.3 Å². The highest BCUT2D eigenvalue weighted by Gasteiger charge is 2.11. The van der Waals surface area contributed by atoms with Gasteiger partial charge >= 0.3 is 0 Å². The molecule has 2 heterocycles. The molecule has 1 N–H and O–H groups in total. The molecule has 0 fully saturated rings. The first-order chi connectivity index (χ1) is 12.1. The number of ether oxygens (including phenoxy) is 1. The quantitative estimate of drug-likeness (QED) is 0.489. The number of hydrogen-bond acceptors (Lipinski definition) is 7. The maximum atomic E-state index is 10.7. The van der Waals surface area contributed by atoms with E-state index in [1.807, 2.05) is 17.5 Å². The number of nitro groups is 1. The standard InChI is InChI=1S/C16H16N4O4S/c21-14(9-24-10-15-2-1-7-25-15)8-19-11-17-16(18-19)12-3-5-13(6-4-12)20(22)23/h1-7,11,14,21H,8-10H2. The van der Waals surface area contributed by atoms with E-state index in [1.54, 1.807) is 23.5 Å². The first-order valence-corrected chi connectivity index (χ1v) is 8.42. The summed E-state index contributed by atoms with van der Waals surface area (Å²) in [4.78, 5) is 15.5. The van der Waals surface area contributed by atoms with Gasteiger partial charge in [-0.25, -0.2) is 9.67 Å². The molecule has 2 aromatic heterocycles. The summed E-state index contributed by atoms with van der Waals surface area (Å²) in [7, 11) is 0. The molecule has 9 heteroatoms. The average Bonchev–Trinajstić information content (AvgIpc) is 3.27. The molecule has 0 saturated heterocycles. The molecular formula is C16H16N4O4S. The van der Waals surface area contributed by atoms with Crippen molar-refractivity contribution in [3.8, 4) is 11.4 Å². The number of rotatable bonds is 8. The van der Waals surface area contributed by atoms with Crippen molar-refractivity contribution in [1.82, 2.24) is 14.8 Å². The van der Waals surface area contributed by atoms with E-state index >= 15 is 0 Å². The molecule has 1 atom stereocenters. The molecule has 0 aliphatic rings. The van der Waals surface area contributed by atoms with Gasteiger partial charge in [-0.2, -0.15) is 5.10 Å². The third kappa shape index (κ3) is 4.69. The lowest BCUT2D eigenvalue weighted by atomic mass is 10.2. The minimum Gasteiger partial charge on any atom is -0.389 e. The lowest BCUT2D eigenvalue weighted by molar-refractivity contribution is -0.384. The molecule has 3 aromatic rings. The highest BCUT2D eigenvalue weighted by atomic mass is 32.1. The molecule has 1 unspecified atom stereocenters. The predicted octanol–water partition coefficient (Wildman–Crippen LogP) is 2.49. The van der Waals surface area contributed by atoms with Gasteiger partial charge in [0.15, 0.2) is 5.82 Å². The second-order valence-corrected chi connectivity index (χ2v) is 6.37. The van der Waals surface area contributed by atoms with E-state index in [1.165, 1.54) is 23.1 Å². The Morgan fingerprint density at radius 2 is 2.12 bits per heavy atom. The molecule has 130 valence electrons. The number of hydrogen-bond donors (Lipinski definition) is 1. The maximum absolute atomic E-state index is 10.7. The van der Waals surface area contributed by atoms with Crippen LogP contribution in [0.5, 0.6) is 0 Å². The van der Waals surface area contributed by atoms with Gasteiger partial charge in [-0.15, -0.1) is 11.3 Å². The monoisotopic (exact) mass is 360 g/mol. The van der Waals surface area contributed by atoms with Gasteiger partial charge in [0.25, 0.3) is 5.69 Å². The van der Waals surface area contributed by atoms with Crippen LogP contribution in [0.2, 0.25) is 0 Å². The van der Waals surface area contributed by atoms with E-state index in [9.17, 15) is 15.2 Å². The average molecular weight is 360 g/mol. The summed E-state index contributed by atoms with van der Waals surface area (Å²) in [5, 5.41) is 26.9. The van der Waals surface area contributed by atoms with E-state index in [0.29, 0.717) is 18.0 Å². The van der Waals surface area contributed by atoms with Crippen LogP contribution in [0.1, 0.15) is 4.88 Å². The summed E-state index contributed by atoms with van der Waals surface area (Å²) in [6.07, 6.45) is 0.811. The minimum absolute atomic E-state index is 0.0153. The Kier molecular flexibility index (Phi) is 5.49. The van der Waals surface area contributed by atoms with Gasteiger partial charge in [0.05, 0.1) is 30.8 Å². The minimum atomic E-state index is -0.702. The molecule has 0 amide bonds. The second-order valence-electron chi connectivity index (χ2n) is 5.34. The maximum Gasteiger partial charge on any atom is 0.269 e. The smallest absolute Gasteiger partial charge is 0.269 e. The first-order valence-electron chi connectivity index (χ1n) is 7.54. The van der Waals surface area contributed by atoms with Crippen LogP contribution in [0.15, 0.2) is 48.1 Å². The summed E-state index contributed by atoms with van der Waals surface area (Å²) < 4.78 is 7.00. The Morgan fingerprint density at radius 3 is 2.80 bits per heavy atom. The van der Waals surface area contributed by atoms with Crippen molar-refractivity contribution < 1.29 is 14.8 Å². The van der Waals surface area contributed by atoms with Crippen LogP contribution in [0, 0.1) is 10.1 Å². The van der Waals surface area contributed by atoms with Gasteiger partial charge < -0.3 is 9.84 Å². The third-order valence-corrected chi connectivity index (χ3v) is 4.26. The molecule has 0 saturated carbocycles. The van der Waals surface area contributed by atoms with Crippen molar-refractivity contribution in [2.45, 2.75) is 19.3 Å². The van der Waals surface area contributed by atoms with Crippen LogP contribution in [0.4, 0.5) is 5.69 Å². The van der Waals surface area contributed by atoms with E-state index in [4.69, 9.17) is 4.74 Å². The number of thiophene rings is 1. The van der Waals surface area contributed by atoms with Crippen molar-refractivity contribution in [3.05, 3.63) is 63.1 Å². The lowest BCUT2D eigenvalue weighted by Gasteiger charge is -2.10. The van der Waals surface area contributed by atoms with E-state index in [-0.39, 0.29) is 18.8 Å². The Morgan fingerprint density at radius 1 is 1.32 bits per heavy atom. The van der Waals surface area contributed by atoms with Crippen molar-refractivity contribution in [2.75, 3.05) is 6.61 Å². The number of nitro benzene ring substituents is 1. The van der Waals surface area contributed by atoms with Crippen molar-refractivity contribution in [3.63, 3.8) is 0 Å². The summed E-state index contributed by atoms with van der Waals surface area (Å²) >= 11 is 1.61. The zero-order valence-electron chi connectivity index (χ0n) is 13.2. The highest BCUT2D eigenvalue weighted by molar-refractivity contribution is 7.09. The van der Waals surface area contributed by atoms with Gasteiger partial charge in [0, 0.05) is 22.6 Å². The SMILES string of the molecule is O=[N+]([O-])c1ccc(-c2ncn(CC(O)COCc3cccs3)n2)cc1. The topological polar surface area (TPSA) is 103 Å². The summed E-state index contributed by atoms with van der Waals surface area (Å²) in [5.74, 6) is 0.446. The summed E-state index contributed by atoms with van der Waals surface area (Å²) in [6, 6.07) is 9.93. The zero-order valence-corrected chi connectivity index (χ0v) is 14.0. The first kappa shape index (κ1) is 17.2. The van der Waals surface area contributed by atoms with Crippen LogP contribution in [0.3, 0.4) is 0 Å². The van der Waals surface area contributed by atoms with Crippen LogP contribution < -0.4 is 0 Å². The fraction of sp³-hybridized carbons (Fsp3) is 0.250. The van der Waals surface area contributed by atoms with Crippen LogP contribution in [-0.2, 0) is 17.9 Å². The molecule has 25 heavy (non-hydrogen) atoms. The molecule has 0 spiro atoms. The third-order valence-electron chi connectivity index (χ3n) is 3.41. The normalized spacial score (nSPS) is 12.2. The largest absolute Gasteiger partial charge is 0.389 e. The number of nitrogens with zero attached hydrogens (tertiary/aromatic N) is 4. The Bertz CT molecular complexity index is 817. The molecule has 0 aliphatic heterocycles. The molecule has 0 aliphatic carbocycles. The molecular weight excluding hydrogens is 344 g/mol. The zero-order chi connectivity index (χ0) is 17.6. The molecule has 1 aromatic carbocycles. The van der Waals surface area contributed by atoms with Gasteiger partial charge in [-0.1, -0.05) is 6.07 Å². The molecule has 0 bridgehead atoms. The summed E-state index contributed by atoms with van der Waals surface area (Å²) in [5.41, 5.74) is 0.689. The van der Waals surface area contributed by atoms with Crippen molar-refractivity contribution in [2.24, 2.45) is 0 Å². The summed E-state index contributed by atoms with van der Waals surface area (Å²) in [6.45, 7) is 0.926. The number of benzene rings is 1. The Hall–Kier alpha value is -2.62. The fourth-order valence-corrected chi connectivity index (χ4v) is 2.85. The van der Waals surface area contributed by atoms with E-state index in [0.717, 1.165) is 4.88 Å². The van der Waals surface area contributed by atoms with Crippen molar-refractivity contribution >= 4 is 17.0 Å². The fourth-order valence-electron chi connectivity index (χ4n) is 2.21. The van der Waals surface area contributed by atoms with Gasteiger partial charge in [0.1, 0.15) is 6.33 Å². The Balaban J connectivity index is 1.53. The molecule has 8 nitrogen and oxygen atoms in total. The Labute approximate surface area is 147 Å². The molecule has 0 radical (unpaired) electrons. The van der Waals surface area contributed by atoms with E-state index < -0.39 is 11.0 Å². The van der Waals surface area contributed by atoms with Crippen molar-refractivity contribution in [1.29, 1.82) is 0 Å².